The number of rotatable bonds is 7. The van der Waals surface area contributed by atoms with Crippen LogP contribution in [0.3, 0.4) is 0 Å². The second-order valence-corrected chi connectivity index (χ2v) is 4.14. The van der Waals surface area contributed by atoms with Crippen molar-refractivity contribution in [2.45, 2.75) is 33.6 Å². The average molecular weight is 228 g/mol. The van der Waals surface area contributed by atoms with Crippen LogP contribution in [0.25, 0.3) is 0 Å². The molecule has 0 bridgehead atoms. The minimum absolute atomic E-state index is 0.0458. The van der Waals surface area contributed by atoms with E-state index in [1.807, 2.05) is 6.92 Å². The van der Waals surface area contributed by atoms with Gasteiger partial charge in [-0.15, -0.1) is 0 Å². The van der Waals surface area contributed by atoms with E-state index in [1.165, 1.54) is 0 Å². The normalized spacial score (nSPS) is 11.6. The maximum atomic E-state index is 11.3. The van der Waals surface area contributed by atoms with Gasteiger partial charge in [-0.3, -0.25) is 9.79 Å². The number of aliphatic imine (C=N–C) groups is 1. The molecule has 0 aliphatic carbocycles. The summed E-state index contributed by atoms with van der Waals surface area (Å²) in [4.78, 5) is 15.4. The summed E-state index contributed by atoms with van der Waals surface area (Å²) in [5.74, 6) is 0.941. The van der Waals surface area contributed by atoms with E-state index in [9.17, 15) is 4.79 Å². The van der Waals surface area contributed by atoms with E-state index in [0.717, 1.165) is 19.5 Å². The van der Waals surface area contributed by atoms with Gasteiger partial charge >= 0.3 is 0 Å². The predicted molar refractivity (Wildman–Crippen MR) is 67.2 cm³/mol. The second kappa shape index (κ2) is 9.00. The van der Waals surface area contributed by atoms with Crippen LogP contribution < -0.4 is 16.4 Å². The first-order valence-corrected chi connectivity index (χ1v) is 5.86. The van der Waals surface area contributed by atoms with E-state index in [0.29, 0.717) is 24.8 Å². The van der Waals surface area contributed by atoms with Gasteiger partial charge < -0.3 is 16.4 Å². The molecular formula is C11H24N4O. The van der Waals surface area contributed by atoms with Crippen molar-refractivity contribution in [3.05, 3.63) is 0 Å². The van der Waals surface area contributed by atoms with Crippen LogP contribution in [0.4, 0.5) is 0 Å². The quantitative estimate of drug-likeness (QED) is 0.437. The number of nitrogens with zero attached hydrogens (tertiary/aromatic N) is 1. The van der Waals surface area contributed by atoms with Gasteiger partial charge in [0.15, 0.2) is 5.96 Å². The number of carbonyl (C=O) groups excluding carboxylic acids is 1. The monoisotopic (exact) mass is 228 g/mol. The van der Waals surface area contributed by atoms with Crippen molar-refractivity contribution in [3.8, 4) is 0 Å². The standard InChI is InChI=1S/C11H24N4O/c1-4-6-13-11(12)14-7-5-10(16)15-8-9(2)3/h9H,4-8H2,1-3H3,(H,15,16)(H3,12,13,14). The molecule has 0 saturated heterocycles. The summed E-state index contributed by atoms with van der Waals surface area (Å²) >= 11 is 0. The van der Waals surface area contributed by atoms with Gasteiger partial charge in [-0.2, -0.15) is 0 Å². The molecule has 0 spiro atoms. The molecule has 4 N–H and O–H groups in total. The first kappa shape index (κ1) is 14.7. The molecule has 0 heterocycles. The molecule has 0 aromatic heterocycles. The highest BCUT2D eigenvalue weighted by molar-refractivity contribution is 5.79. The Morgan fingerprint density at radius 3 is 2.62 bits per heavy atom. The summed E-state index contributed by atoms with van der Waals surface area (Å²) in [5.41, 5.74) is 5.58. The van der Waals surface area contributed by atoms with Crippen molar-refractivity contribution in [1.82, 2.24) is 10.6 Å². The molecule has 1 amide bonds. The third-order valence-electron chi connectivity index (χ3n) is 1.87. The second-order valence-electron chi connectivity index (χ2n) is 4.14. The number of hydrogen-bond acceptors (Lipinski definition) is 2. The van der Waals surface area contributed by atoms with Gasteiger partial charge in [0.1, 0.15) is 0 Å². The van der Waals surface area contributed by atoms with E-state index in [4.69, 9.17) is 5.73 Å². The van der Waals surface area contributed by atoms with Crippen molar-refractivity contribution in [3.63, 3.8) is 0 Å². The summed E-state index contributed by atoms with van der Waals surface area (Å²) < 4.78 is 0. The van der Waals surface area contributed by atoms with Gasteiger partial charge in [0.25, 0.3) is 0 Å². The van der Waals surface area contributed by atoms with Gasteiger partial charge in [-0.25, -0.2) is 0 Å². The molecule has 0 saturated carbocycles. The molecule has 0 atom stereocenters. The molecule has 5 nitrogen and oxygen atoms in total. The molecule has 5 heteroatoms. The SMILES string of the molecule is CCCN=C(N)NCCC(=O)NCC(C)C. The zero-order valence-corrected chi connectivity index (χ0v) is 10.5. The van der Waals surface area contributed by atoms with Gasteiger partial charge in [0, 0.05) is 26.1 Å². The smallest absolute Gasteiger partial charge is 0.221 e. The lowest BCUT2D eigenvalue weighted by Gasteiger charge is -2.08. The van der Waals surface area contributed by atoms with Gasteiger partial charge in [-0.05, 0) is 12.3 Å². The largest absolute Gasteiger partial charge is 0.370 e. The van der Waals surface area contributed by atoms with Crippen LogP contribution in [0.15, 0.2) is 4.99 Å². The van der Waals surface area contributed by atoms with E-state index >= 15 is 0 Å². The molecule has 0 aromatic rings. The van der Waals surface area contributed by atoms with Gasteiger partial charge in [0.05, 0.1) is 0 Å². The van der Waals surface area contributed by atoms with E-state index in [-0.39, 0.29) is 5.91 Å². The van der Waals surface area contributed by atoms with Gasteiger partial charge in [0.2, 0.25) is 5.91 Å². The number of hydrogen-bond donors (Lipinski definition) is 3. The Morgan fingerprint density at radius 2 is 2.06 bits per heavy atom. The molecule has 0 fully saturated rings. The Balaban J connectivity index is 3.54. The fraction of sp³-hybridized carbons (Fsp3) is 0.818. The first-order chi connectivity index (χ1) is 7.56. The summed E-state index contributed by atoms with van der Waals surface area (Å²) in [6.45, 7) is 8.14. The molecule has 94 valence electrons. The van der Waals surface area contributed by atoms with Crippen LogP contribution >= 0.6 is 0 Å². The number of carbonyl (C=O) groups is 1. The third-order valence-corrected chi connectivity index (χ3v) is 1.87. The number of guanidine groups is 1. The average Bonchev–Trinajstić information content (AvgIpc) is 2.23. The maximum Gasteiger partial charge on any atom is 0.221 e. The Kier molecular flexibility index (Phi) is 8.29. The van der Waals surface area contributed by atoms with Crippen LogP contribution in [-0.4, -0.2) is 31.5 Å². The van der Waals surface area contributed by atoms with Crippen LogP contribution in [0.5, 0.6) is 0 Å². The zero-order chi connectivity index (χ0) is 12.4. The lowest BCUT2D eigenvalue weighted by Crippen LogP contribution is -2.36. The molecule has 0 rings (SSSR count). The molecular weight excluding hydrogens is 204 g/mol. The Hall–Kier alpha value is -1.26. The van der Waals surface area contributed by atoms with Crippen molar-refractivity contribution in [2.75, 3.05) is 19.6 Å². The van der Waals surface area contributed by atoms with Crippen molar-refractivity contribution in [2.24, 2.45) is 16.6 Å². The Morgan fingerprint density at radius 1 is 1.38 bits per heavy atom. The molecule has 16 heavy (non-hydrogen) atoms. The summed E-state index contributed by atoms with van der Waals surface area (Å²) in [6, 6.07) is 0. The Bertz CT molecular complexity index is 226. The molecule has 0 aliphatic rings. The fourth-order valence-corrected chi connectivity index (χ4v) is 0.999. The predicted octanol–water partition coefficient (Wildman–Crippen LogP) is 0.463. The van der Waals surface area contributed by atoms with Crippen LogP contribution in [0.2, 0.25) is 0 Å². The van der Waals surface area contributed by atoms with E-state index in [1.54, 1.807) is 0 Å². The minimum atomic E-state index is 0.0458. The lowest BCUT2D eigenvalue weighted by molar-refractivity contribution is -0.121. The minimum Gasteiger partial charge on any atom is -0.370 e. The molecule has 0 radical (unpaired) electrons. The summed E-state index contributed by atoms with van der Waals surface area (Å²) in [6.07, 6.45) is 1.40. The molecule has 0 aromatic carbocycles. The third kappa shape index (κ3) is 9.30. The zero-order valence-electron chi connectivity index (χ0n) is 10.5. The lowest BCUT2D eigenvalue weighted by atomic mass is 10.2. The van der Waals surface area contributed by atoms with Crippen molar-refractivity contribution in [1.29, 1.82) is 0 Å². The molecule has 0 aliphatic heterocycles. The number of nitrogens with two attached hydrogens (primary N) is 1. The van der Waals surface area contributed by atoms with Crippen LogP contribution in [0, 0.1) is 5.92 Å². The number of nitrogens with one attached hydrogen (secondary N) is 2. The number of amides is 1. The van der Waals surface area contributed by atoms with Crippen molar-refractivity contribution >= 4 is 11.9 Å². The van der Waals surface area contributed by atoms with E-state index in [2.05, 4.69) is 29.5 Å². The van der Waals surface area contributed by atoms with E-state index < -0.39 is 0 Å². The first-order valence-electron chi connectivity index (χ1n) is 5.86. The highest BCUT2D eigenvalue weighted by atomic mass is 16.1. The maximum absolute atomic E-state index is 11.3. The highest BCUT2D eigenvalue weighted by Gasteiger charge is 2.01. The highest BCUT2D eigenvalue weighted by Crippen LogP contribution is 1.87. The Labute approximate surface area is 97.9 Å². The van der Waals surface area contributed by atoms with Gasteiger partial charge in [-0.1, -0.05) is 20.8 Å². The molecule has 0 unspecified atom stereocenters. The summed E-state index contributed by atoms with van der Waals surface area (Å²) in [7, 11) is 0. The summed E-state index contributed by atoms with van der Waals surface area (Å²) in [5, 5.41) is 5.74. The van der Waals surface area contributed by atoms with Crippen molar-refractivity contribution < 1.29 is 4.79 Å². The van der Waals surface area contributed by atoms with Crippen LogP contribution in [0.1, 0.15) is 33.6 Å². The topological polar surface area (TPSA) is 79.5 Å². The fourth-order valence-electron chi connectivity index (χ4n) is 0.999. The van der Waals surface area contributed by atoms with Crippen LogP contribution in [-0.2, 0) is 4.79 Å².